The van der Waals surface area contributed by atoms with Crippen molar-refractivity contribution in [1.82, 2.24) is 10.0 Å². The first-order valence-corrected chi connectivity index (χ1v) is 11.1. The molecule has 11 heteroatoms. The van der Waals surface area contributed by atoms with Crippen molar-refractivity contribution in [1.29, 1.82) is 0 Å². The molecule has 0 radical (unpaired) electrons. The molecule has 0 bridgehead atoms. The van der Waals surface area contributed by atoms with E-state index in [-0.39, 0.29) is 16.5 Å². The predicted molar refractivity (Wildman–Crippen MR) is 108 cm³/mol. The summed E-state index contributed by atoms with van der Waals surface area (Å²) in [6.07, 6.45) is -4.91. The molecule has 0 saturated heterocycles. The van der Waals surface area contributed by atoms with Gasteiger partial charge in [-0.25, -0.2) is 8.42 Å². The van der Waals surface area contributed by atoms with Gasteiger partial charge in [-0.05, 0) is 49.2 Å². The molecule has 3 rings (SSSR count). The summed E-state index contributed by atoms with van der Waals surface area (Å²) in [7, 11) is -4.02. The van der Waals surface area contributed by atoms with E-state index in [0.29, 0.717) is 37.3 Å². The minimum absolute atomic E-state index is 0.144. The van der Waals surface area contributed by atoms with Gasteiger partial charge in [0.25, 0.3) is 5.91 Å². The van der Waals surface area contributed by atoms with Gasteiger partial charge in [0.1, 0.15) is 11.1 Å². The van der Waals surface area contributed by atoms with E-state index in [2.05, 4.69) is 15.4 Å². The van der Waals surface area contributed by atoms with Crippen LogP contribution in [0.3, 0.4) is 0 Å². The highest BCUT2D eigenvalue weighted by atomic mass is 32.2. The topological polar surface area (TPSA) is 96.5 Å². The molecule has 0 unspecified atom stereocenters. The number of carbonyl (C=O) groups is 1. The largest absolute Gasteiger partial charge is 0.416 e. The maximum atomic E-state index is 13.0. The monoisotopic (exact) mass is 457 g/mol. The molecule has 0 aliphatic carbocycles. The zero-order valence-electron chi connectivity index (χ0n) is 16.6. The van der Waals surface area contributed by atoms with Crippen molar-refractivity contribution < 1.29 is 31.1 Å². The Kier molecular flexibility index (Phi) is 6.87. The molecule has 168 valence electrons. The van der Waals surface area contributed by atoms with E-state index in [1.807, 2.05) is 6.92 Å². The van der Waals surface area contributed by atoms with E-state index in [1.54, 1.807) is 0 Å². The maximum absolute atomic E-state index is 13.0. The van der Waals surface area contributed by atoms with E-state index < -0.39 is 27.9 Å². The number of carbonyl (C=O) groups excluding carboxylic acids is 1. The average molecular weight is 457 g/mol. The van der Waals surface area contributed by atoms with Gasteiger partial charge in [-0.1, -0.05) is 12.1 Å². The van der Waals surface area contributed by atoms with Crippen LogP contribution in [0.25, 0.3) is 0 Å². The van der Waals surface area contributed by atoms with Crippen molar-refractivity contribution in [3.63, 3.8) is 0 Å². The van der Waals surface area contributed by atoms with E-state index in [4.69, 9.17) is 4.74 Å². The van der Waals surface area contributed by atoms with Gasteiger partial charge in [0.15, 0.2) is 0 Å². The predicted octanol–water partition coefficient (Wildman–Crippen LogP) is 3.26. The van der Waals surface area contributed by atoms with Gasteiger partial charge in [0, 0.05) is 25.3 Å². The molecule has 0 aromatic heterocycles. The number of sulfonamides is 1. The van der Waals surface area contributed by atoms with Crippen molar-refractivity contribution in [3.8, 4) is 0 Å². The van der Waals surface area contributed by atoms with Crippen molar-refractivity contribution in [2.24, 2.45) is 0 Å². The number of fused-ring (bicyclic) bond motifs is 1. The first-order valence-electron chi connectivity index (χ1n) is 9.58. The number of nitrogens with one attached hydrogen (secondary N) is 3. The molecule has 3 N–H and O–H groups in total. The van der Waals surface area contributed by atoms with E-state index >= 15 is 0 Å². The van der Waals surface area contributed by atoms with Crippen LogP contribution in [0.5, 0.6) is 0 Å². The van der Waals surface area contributed by atoms with Gasteiger partial charge in [0.05, 0.1) is 11.3 Å². The number of hydrogen-bond acceptors (Lipinski definition) is 5. The third kappa shape index (κ3) is 5.54. The fourth-order valence-corrected chi connectivity index (χ4v) is 4.34. The molecule has 1 heterocycles. The van der Waals surface area contributed by atoms with E-state index in [9.17, 15) is 26.4 Å². The number of rotatable bonds is 7. The lowest BCUT2D eigenvalue weighted by Crippen LogP contribution is -2.38. The van der Waals surface area contributed by atoms with Crippen LogP contribution in [-0.4, -0.2) is 34.1 Å². The Morgan fingerprint density at radius 3 is 2.52 bits per heavy atom. The lowest BCUT2D eigenvalue weighted by molar-refractivity contribution is -0.137. The Hall–Kier alpha value is -2.63. The van der Waals surface area contributed by atoms with Gasteiger partial charge >= 0.3 is 6.18 Å². The maximum Gasteiger partial charge on any atom is 0.416 e. The summed E-state index contributed by atoms with van der Waals surface area (Å²) in [6.45, 7) is 3.48. The smallest absolute Gasteiger partial charge is 0.382 e. The summed E-state index contributed by atoms with van der Waals surface area (Å²) < 4.78 is 71.6. The first kappa shape index (κ1) is 23.0. The standard InChI is InChI=1S/C20H22F3N3O4S/c1-2-30-11-3-10-24-19(27)14-6-4-13(5-7-14)18-25-16-12-15(20(21,22)23)8-9-17(16)31(28,29)26-18/h4-9,12,18,25-26H,2-3,10-11H2,1H3,(H,24,27)/t18-/m0/s1. The fourth-order valence-electron chi connectivity index (χ4n) is 3.06. The van der Waals surface area contributed by atoms with Gasteiger partial charge in [0.2, 0.25) is 10.0 Å². The fraction of sp³-hybridized carbons (Fsp3) is 0.350. The molecule has 2 aromatic carbocycles. The van der Waals surface area contributed by atoms with Crippen molar-refractivity contribution >= 4 is 21.6 Å². The lowest BCUT2D eigenvalue weighted by atomic mass is 10.1. The second-order valence-electron chi connectivity index (χ2n) is 6.84. The van der Waals surface area contributed by atoms with Crippen molar-refractivity contribution in [3.05, 3.63) is 59.2 Å². The molecule has 0 fully saturated rings. The summed E-state index contributed by atoms with van der Waals surface area (Å²) in [4.78, 5) is 11.9. The number of benzene rings is 2. The van der Waals surface area contributed by atoms with Gasteiger partial charge in [-0.3, -0.25) is 4.79 Å². The van der Waals surface area contributed by atoms with Gasteiger partial charge in [-0.15, -0.1) is 0 Å². The third-order valence-electron chi connectivity index (χ3n) is 4.63. The van der Waals surface area contributed by atoms with E-state index in [0.717, 1.165) is 18.2 Å². The van der Waals surface area contributed by atoms with Crippen molar-refractivity contribution in [2.45, 2.75) is 30.6 Å². The van der Waals surface area contributed by atoms with Crippen LogP contribution in [0.1, 0.15) is 41.0 Å². The quantitative estimate of drug-likeness (QED) is 0.555. The number of hydrogen-bond donors (Lipinski definition) is 3. The molecule has 1 amide bonds. The lowest BCUT2D eigenvalue weighted by Gasteiger charge is -2.29. The number of alkyl halides is 3. The Bertz CT molecular complexity index is 1040. The zero-order valence-corrected chi connectivity index (χ0v) is 17.4. The normalized spacial score (nSPS) is 17.5. The molecule has 1 aliphatic rings. The summed E-state index contributed by atoms with van der Waals surface area (Å²) in [6, 6.07) is 8.52. The molecule has 31 heavy (non-hydrogen) atoms. The van der Waals surface area contributed by atoms with Crippen LogP contribution < -0.4 is 15.4 Å². The van der Waals surface area contributed by atoms with Crippen LogP contribution in [-0.2, 0) is 20.9 Å². The molecule has 7 nitrogen and oxygen atoms in total. The number of ether oxygens (including phenoxy) is 1. The Labute approximate surface area is 178 Å². The zero-order chi connectivity index (χ0) is 22.6. The first-order chi connectivity index (χ1) is 14.6. The van der Waals surface area contributed by atoms with Crippen LogP contribution in [0, 0.1) is 0 Å². The summed E-state index contributed by atoms with van der Waals surface area (Å²) >= 11 is 0. The van der Waals surface area contributed by atoms with Crippen molar-refractivity contribution in [2.75, 3.05) is 25.1 Å². The summed E-state index contributed by atoms with van der Waals surface area (Å²) in [5.74, 6) is -0.291. The van der Waals surface area contributed by atoms with Crippen LogP contribution >= 0.6 is 0 Å². The highest BCUT2D eigenvalue weighted by Gasteiger charge is 2.35. The molecular weight excluding hydrogens is 435 g/mol. The average Bonchev–Trinajstić information content (AvgIpc) is 2.72. The van der Waals surface area contributed by atoms with Gasteiger partial charge in [-0.2, -0.15) is 17.9 Å². The van der Waals surface area contributed by atoms with E-state index in [1.165, 1.54) is 24.3 Å². The second-order valence-corrected chi connectivity index (χ2v) is 8.52. The number of amides is 1. The van der Waals surface area contributed by atoms with Crippen LogP contribution in [0.2, 0.25) is 0 Å². The molecule has 0 spiro atoms. The highest BCUT2D eigenvalue weighted by molar-refractivity contribution is 7.89. The Balaban J connectivity index is 1.73. The second kappa shape index (κ2) is 9.25. The molecule has 1 atom stereocenters. The summed E-state index contributed by atoms with van der Waals surface area (Å²) in [5.41, 5.74) is -0.279. The SMILES string of the molecule is CCOCCCNC(=O)c1ccc([C@H]2Nc3cc(C(F)(F)F)ccc3S(=O)(=O)N2)cc1. The molecular formula is C20H22F3N3O4S. The third-order valence-corrected chi connectivity index (χ3v) is 6.11. The number of anilines is 1. The number of halogens is 3. The molecule has 1 aliphatic heterocycles. The Morgan fingerprint density at radius 1 is 1.16 bits per heavy atom. The van der Waals surface area contributed by atoms with Gasteiger partial charge < -0.3 is 15.4 Å². The summed E-state index contributed by atoms with van der Waals surface area (Å²) in [5, 5.41) is 5.53. The molecule has 0 saturated carbocycles. The highest BCUT2D eigenvalue weighted by Crippen LogP contribution is 2.37. The molecule has 2 aromatic rings. The minimum Gasteiger partial charge on any atom is -0.382 e. The van der Waals surface area contributed by atoms with Crippen LogP contribution in [0.4, 0.5) is 18.9 Å². The Morgan fingerprint density at radius 2 is 1.87 bits per heavy atom. The minimum atomic E-state index is -4.60. The van der Waals surface area contributed by atoms with Crippen LogP contribution in [0.15, 0.2) is 47.4 Å².